The van der Waals surface area contributed by atoms with Crippen molar-refractivity contribution >= 4 is 51.5 Å². The van der Waals surface area contributed by atoms with Crippen molar-refractivity contribution in [2.45, 2.75) is 6.61 Å². The summed E-state index contributed by atoms with van der Waals surface area (Å²) in [6.07, 6.45) is 0.814. The molecule has 0 amide bonds. The molecule has 0 fully saturated rings. The monoisotopic (exact) mass is 482 g/mol. The van der Waals surface area contributed by atoms with E-state index in [1.807, 2.05) is 0 Å². The fraction of sp³-hybridized carbons (Fsp3) is 0.0714. The summed E-state index contributed by atoms with van der Waals surface area (Å²) in [5.41, 5.74) is 1.52. The van der Waals surface area contributed by atoms with Crippen LogP contribution in [0.4, 0.5) is 4.39 Å². The van der Waals surface area contributed by atoms with Gasteiger partial charge in [-0.25, -0.2) is 4.39 Å². The van der Waals surface area contributed by atoms with Crippen molar-refractivity contribution < 1.29 is 13.9 Å². The van der Waals surface area contributed by atoms with Gasteiger partial charge >= 0.3 is 0 Å². The molecule has 5 heteroatoms. The summed E-state index contributed by atoms with van der Waals surface area (Å²) in [6.45, 7) is 0.368. The van der Waals surface area contributed by atoms with Gasteiger partial charge in [0.05, 0.1) is 7.14 Å². The summed E-state index contributed by atoms with van der Waals surface area (Å²) in [7, 11) is 0. The zero-order valence-corrected chi connectivity index (χ0v) is 14.0. The number of rotatable bonds is 4. The first-order valence-electron chi connectivity index (χ1n) is 5.41. The average Bonchev–Trinajstić information content (AvgIpc) is 2.39. The maximum atomic E-state index is 12.8. The van der Waals surface area contributed by atoms with Gasteiger partial charge in [-0.05, 0) is 75.0 Å². The van der Waals surface area contributed by atoms with Crippen LogP contribution in [-0.2, 0) is 6.61 Å². The Morgan fingerprint density at radius 3 is 2.21 bits per heavy atom. The molecule has 0 saturated heterocycles. The van der Waals surface area contributed by atoms with E-state index in [0.29, 0.717) is 12.2 Å². The fourth-order valence-corrected chi connectivity index (χ4v) is 3.65. The molecule has 2 aromatic rings. The standard InChI is InChI=1S/C14H9FI2O2/c15-11-3-1-9(2-4-11)8-19-14-12(16)5-10(7-18)6-13(14)17/h1-7H,8H2. The first kappa shape index (κ1) is 14.7. The van der Waals surface area contributed by atoms with Crippen molar-refractivity contribution in [2.24, 2.45) is 0 Å². The van der Waals surface area contributed by atoms with Crippen molar-refractivity contribution in [3.05, 3.63) is 60.5 Å². The molecule has 0 spiro atoms. The predicted octanol–water partition coefficient (Wildman–Crippen LogP) is 4.43. The number of hydrogen-bond donors (Lipinski definition) is 0. The summed E-state index contributed by atoms with van der Waals surface area (Å²) in [5, 5.41) is 0. The second-order valence-corrected chi connectivity index (χ2v) is 6.17. The third-order valence-corrected chi connectivity index (χ3v) is 4.06. The van der Waals surface area contributed by atoms with Gasteiger partial charge in [0.2, 0.25) is 0 Å². The zero-order chi connectivity index (χ0) is 13.8. The summed E-state index contributed by atoms with van der Waals surface area (Å²) >= 11 is 4.27. The molecular formula is C14H9FI2O2. The predicted molar refractivity (Wildman–Crippen MR) is 88.0 cm³/mol. The SMILES string of the molecule is O=Cc1cc(I)c(OCc2ccc(F)cc2)c(I)c1. The van der Waals surface area contributed by atoms with E-state index < -0.39 is 0 Å². The van der Waals surface area contributed by atoms with Gasteiger partial charge in [-0.2, -0.15) is 0 Å². The van der Waals surface area contributed by atoms with Crippen LogP contribution >= 0.6 is 45.2 Å². The minimum absolute atomic E-state index is 0.261. The lowest BCUT2D eigenvalue weighted by Gasteiger charge is -2.11. The lowest BCUT2D eigenvalue weighted by molar-refractivity contribution is 0.112. The lowest BCUT2D eigenvalue weighted by Crippen LogP contribution is -2.00. The Labute approximate surface area is 137 Å². The lowest BCUT2D eigenvalue weighted by atomic mass is 10.2. The maximum Gasteiger partial charge on any atom is 0.150 e. The molecule has 0 atom stereocenters. The molecule has 98 valence electrons. The van der Waals surface area contributed by atoms with Gasteiger partial charge in [0.1, 0.15) is 24.5 Å². The van der Waals surface area contributed by atoms with Crippen LogP contribution in [0.2, 0.25) is 0 Å². The maximum absolute atomic E-state index is 12.8. The normalized spacial score (nSPS) is 10.3. The largest absolute Gasteiger partial charge is 0.487 e. The Hall–Kier alpha value is -0.700. The molecule has 0 aromatic heterocycles. The molecule has 2 rings (SSSR count). The van der Waals surface area contributed by atoms with Crippen LogP contribution in [0.25, 0.3) is 0 Å². The average molecular weight is 482 g/mol. The van der Waals surface area contributed by atoms with Crippen molar-refractivity contribution in [1.29, 1.82) is 0 Å². The summed E-state index contributed by atoms with van der Waals surface area (Å²) in [4.78, 5) is 10.8. The van der Waals surface area contributed by atoms with E-state index in [2.05, 4.69) is 45.2 Å². The third-order valence-electron chi connectivity index (χ3n) is 2.45. The number of carbonyl (C=O) groups excluding carboxylic acids is 1. The summed E-state index contributed by atoms with van der Waals surface area (Å²) in [6, 6.07) is 9.74. The smallest absolute Gasteiger partial charge is 0.150 e. The number of aldehydes is 1. The molecule has 19 heavy (non-hydrogen) atoms. The summed E-state index contributed by atoms with van der Waals surface area (Å²) in [5.74, 6) is 0.486. The Balaban J connectivity index is 2.15. The van der Waals surface area contributed by atoms with Gasteiger partial charge in [-0.15, -0.1) is 0 Å². The first-order valence-corrected chi connectivity index (χ1v) is 7.57. The number of halogens is 3. The highest BCUT2D eigenvalue weighted by molar-refractivity contribution is 14.1. The second kappa shape index (κ2) is 6.65. The molecule has 0 unspecified atom stereocenters. The highest BCUT2D eigenvalue weighted by Gasteiger charge is 2.09. The molecule has 2 aromatic carbocycles. The molecule has 0 N–H and O–H groups in total. The quantitative estimate of drug-likeness (QED) is 0.477. The van der Waals surface area contributed by atoms with Crippen LogP contribution < -0.4 is 4.74 Å². The van der Waals surface area contributed by atoms with E-state index in [-0.39, 0.29) is 5.82 Å². The second-order valence-electron chi connectivity index (χ2n) is 3.85. The topological polar surface area (TPSA) is 26.3 Å². The van der Waals surface area contributed by atoms with Crippen molar-refractivity contribution in [2.75, 3.05) is 0 Å². The molecule has 0 bridgehead atoms. The number of hydrogen-bond acceptors (Lipinski definition) is 2. The Morgan fingerprint density at radius 1 is 1.11 bits per heavy atom. The van der Waals surface area contributed by atoms with E-state index >= 15 is 0 Å². The zero-order valence-electron chi connectivity index (χ0n) is 9.70. The van der Waals surface area contributed by atoms with E-state index in [1.165, 1.54) is 12.1 Å². The third kappa shape index (κ3) is 3.88. The summed E-state index contributed by atoms with van der Waals surface area (Å²) < 4.78 is 20.3. The van der Waals surface area contributed by atoms with E-state index in [0.717, 1.165) is 24.7 Å². The van der Waals surface area contributed by atoms with E-state index in [9.17, 15) is 9.18 Å². The van der Waals surface area contributed by atoms with E-state index in [4.69, 9.17) is 4.74 Å². The molecule has 0 heterocycles. The highest BCUT2D eigenvalue weighted by atomic mass is 127. The fourth-order valence-electron chi connectivity index (χ4n) is 1.52. The van der Waals surface area contributed by atoms with Crippen LogP contribution in [0.5, 0.6) is 5.75 Å². The Kier molecular flexibility index (Phi) is 5.14. The van der Waals surface area contributed by atoms with E-state index in [1.54, 1.807) is 24.3 Å². The number of benzene rings is 2. The van der Waals surface area contributed by atoms with Gasteiger partial charge in [-0.3, -0.25) is 4.79 Å². The Bertz CT molecular complexity index is 574. The van der Waals surface area contributed by atoms with Gasteiger partial charge in [0, 0.05) is 5.56 Å². The van der Waals surface area contributed by atoms with Crippen LogP contribution in [0.1, 0.15) is 15.9 Å². The number of ether oxygens (including phenoxy) is 1. The van der Waals surface area contributed by atoms with Crippen LogP contribution in [-0.4, -0.2) is 6.29 Å². The molecule has 0 radical (unpaired) electrons. The number of carbonyl (C=O) groups is 1. The van der Waals surface area contributed by atoms with Crippen molar-refractivity contribution in [3.8, 4) is 5.75 Å². The van der Waals surface area contributed by atoms with Crippen molar-refractivity contribution in [3.63, 3.8) is 0 Å². The van der Waals surface area contributed by atoms with Crippen LogP contribution in [0.3, 0.4) is 0 Å². The molecule has 0 saturated carbocycles. The van der Waals surface area contributed by atoms with Crippen LogP contribution in [0.15, 0.2) is 36.4 Å². The highest BCUT2D eigenvalue weighted by Crippen LogP contribution is 2.29. The molecular weight excluding hydrogens is 473 g/mol. The molecule has 2 nitrogen and oxygen atoms in total. The minimum atomic E-state index is -0.261. The van der Waals surface area contributed by atoms with Crippen LogP contribution in [0, 0.1) is 13.0 Å². The molecule has 0 aliphatic rings. The van der Waals surface area contributed by atoms with Gasteiger partial charge < -0.3 is 4.74 Å². The minimum Gasteiger partial charge on any atom is -0.487 e. The first-order chi connectivity index (χ1) is 9.10. The molecule has 0 aliphatic carbocycles. The Morgan fingerprint density at radius 2 is 1.68 bits per heavy atom. The van der Waals surface area contributed by atoms with Crippen molar-refractivity contribution in [1.82, 2.24) is 0 Å². The van der Waals surface area contributed by atoms with Gasteiger partial charge in [0.25, 0.3) is 0 Å². The molecule has 0 aliphatic heterocycles. The van der Waals surface area contributed by atoms with Gasteiger partial charge in [-0.1, -0.05) is 12.1 Å². The van der Waals surface area contributed by atoms with Gasteiger partial charge in [0.15, 0.2) is 0 Å².